The number of aliphatic hydroxyl groups is 1. The van der Waals surface area contributed by atoms with E-state index in [9.17, 15) is 8.42 Å². The largest absolute Gasteiger partial charge is 0.394 e. The molecule has 1 heterocycles. The van der Waals surface area contributed by atoms with Crippen LogP contribution in [0, 0.1) is 27.7 Å². The van der Waals surface area contributed by atoms with Crippen LogP contribution >= 0.6 is 11.3 Å². The van der Waals surface area contributed by atoms with Crippen LogP contribution in [-0.4, -0.2) is 33.3 Å². The number of ether oxygens (including phenoxy) is 1. The highest BCUT2D eigenvalue weighted by Gasteiger charge is 2.24. The van der Waals surface area contributed by atoms with E-state index in [4.69, 9.17) is 9.84 Å². The zero-order valence-electron chi connectivity index (χ0n) is 15.0. The molecule has 0 spiro atoms. The Morgan fingerprint density at radius 3 is 2.36 bits per heavy atom. The maximum Gasteiger partial charge on any atom is 0.241 e. The number of rotatable bonds is 8. The van der Waals surface area contributed by atoms with Gasteiger partial charge in [-0.2, -0.15) is 11.3 Å². The summed E-state index contributed by atoms with van der Waals surface area (Å²) in [5.74, 6) is 0. The first kappa shape index (κ1) is 20.1. The summed E-state index contributed by atoms with van der Waals surface area (Å²) in [6.45, 7) is 7.65. The van der Waals surface area contributed by atoms with Gasteiger partial charge in [0.15, 0.2) is 0 Å². The first-order chi connectivity index (χ1) is 11.8. The minimum Gasteiger partial charge on any atom is -0.394 e. The number of aliphatic hydroxyl groups excluding tert-OH is 1. The lowest BCUT2D eigenvalue weighted by molar-refractivity contribution is 0.0311. The fraction of sp³-hybridized carbons (Fsp3) is 0.444. The van der Waals surface area contributed by atoms with Crippen molar-refractivity contribution >= 4 is 21.4 Å². The molecule has 0 bridgehead atoms. The normalized spacial score (nSPS) is 13.2. The average molecular weight is 384 g/mol. The molecule has 0 saturated carbocycles. The summed E-state index contributed by atoms with van der Waals surface area (Å²) < 4.78 is 34.1. The van der Waals surface area contributed by atoms with E-state index in [0.29, 0.717) is 4.90 Å². The van der Waals surface area contributed by atoms with Gasteiger partial charge in [0.2, 0.25) is 10.0 Å². The van der Waals surface area contributed by atoms with Crippen LogP contribution in [0.4, 0.5) is 0 Å². The molecule has 0 saturated heterocycles. The van der Waals surface area contributed by atoms with Crippen molar-refractivity contribution in [3.63, 3.8) is 0 Å². The van der Waals surface area contributed by atoms with Gasteiger partial charge in [0.1, 0.15) is 0 Å². The first-order valence-corrected chi connectivity index (χ1v) is 10.5. The Hall–Kier alpha value is -1.25. The third-order valence-electron chi connectivity index (χ3n) is 4.35. The summed E-state index contributed by atoms with van der Waals surface area (Å²) in [5, 5.41) is 12.8. The van der Waals surface area contributed by atoms with Gasteiger partial charge in [-0.3, -0.25) is 0 Å². The molecular formula is C18H25NO4S2. The maximum atomic E-state index is 12.9. The van der Waals surface area contributed by atoms with Crippen molar-refractivity contribution in [2.75, 3.05) is 19.8 Å². The predicted octanol–water partition coefficient (Wildman–Crippen LogP) is 3.01. The molecule has 2 aromatic rings. The van der Waals surface area contributed by atoms with Gasteiger partial charge in [0, 0.05) is 6.54 Å². The minimum absolute atomic E-state index is 0.108. The second kappa shape index (κ2) is 8.42. The number of benzene rings is 1. The summed E-state index contributed by atoms with van der Waals surface area (Å²) in [7, 11) is -3.67. The van der Waals surface area contributed by atoms with E-state index in [1.807, 2.05) is 50.6 Å². The van der Waals surface area contributed by atoms with Crippen LogP contribution in [0.2, 0.25) is 0 Å². The molecule has 0 aliphatic carbocycles. The van der Waals surface area contributed by atoms with Crippen LogP contribution in [0.1, 0.15) is 33.9 Å². The van der Waals surface area contributed by atoms with Gasteiger partial charge < -0.3 is 9.84 Å². The molecule has 2 N–H and O–H groups in total. The number of hydrogen-bond donors (Lipinski definition) is 2. The smallest absolute Gasteiger partial charge is 0.241 e. The zero-order valence-corrected chi connectivity index (χ0v) is 16.6. The number of thiophene rings is 1. The molecule has 0 amide bonds. The quantitative estimate of drug-likeness (QED) is 0.735. The lowest BCUT2D eigenvalue weighted by Gasteiger charge is -2.20. The molecule has 5 nitrogen and oxygen atoms in total. The monoisotopic (exact) mass is 383 g/mol. The Kier molecular flexibility index (Phi) is 6.76. The van der Waals surface area contributed by atoms with E-state index in [1.54, 1.807) is 0 Å². The number of aryl methyl sites for hydroxylation is 2. The van der Waals surface area contributed by atoms with Gasteiger partial charge in [-0.05, 0) is 72.3 Å². The van der Waals surface area contributed by atoms with E-state index < -0.39 is 16.1 Å². The van der Waals surface area contributed by atoms with Gasteiger partial charge >= 0.3 is 0 Å². The van der Waals surface area contributed by atoms with Crippen LogP contribution < -0.4 is 4.72 Å². The zero-order chi connectivity index (χ0) is 18.6. The van der Waals surface area contributed by atoms with Crippen molar-refractivity contribution in [3.05, 3.63) is 50.7 Å². The molecule has 0 unspecified atom stereocenters. The summed E-state index contributed by atoms with van der Waals surface area (Å²) in [6, 6.07) is 3.90. The summed E-state index contributed by atoms with van der Waals surface area (Å²) in [6.07, 6.45) is -0.431. The topological polar surface area (TPSA) is 75.6 Å². The molecule has 138 valence electrons. The Morgan fingerprint density at radius 2 is 1.84 bits per heavy atom. The molecule has 1 aromatic carbocycles. The highest BCUT2D eigenvalue weighted by Crippen LogP contribution is 2.27. The molecule has 7 heteroatoms. The van der Waals surface area contributed by atoms with Gasteiger partial charge in [0.25, 0.3) is 0 Å². The average Bonchev–Trinajstić information content (AvgIpc) is 3.07. The first-order valence-electron chi connectivity index (χ1n) is 8.09. The molecule has 25 heavy (non-hydrogen) atoms. The standard InChI is InChI=1S/C18H25NO4S2/c1-12-9-13(2)15(4)18(14(12)3)25(21,22)19-10-17(23-7-6-20)16-5-8-24-11-16/h5,8-9,11,17,19-20H,6-7,10H2,1-4H3/t17-/m1/s1. The van der Waals surface area contributed by atoms with Gasteiger partial charge in [-0.1, -0.05) is 6.07 Å². The van der Waals surface area contributed by atoms with Gasteiger partial charge in [-0.25, -0.2) is 13.1 Å². The summed E-state index contributed by atoms with van der Waals surface area (Å²) in [5.41, 5.74) is 4.33. The van der Waals surface area contributed by atoms with Crippen molar-refractivity contribution in [1.29, 1.82) is 0 Å². The predicted molar refractivity (Wildman–Crippen MR) is 101 cm³/mol. The van der Waals surface area contributed by atoms with E-state index >= 15 is 0 Å². The highest BCUT2D eigenvalue weighted by atomic mass is 32.2. The molecule has 0 aliphatic heterocycles. The maximum absolute atomic E-state index is 12.9. The molecule has 1 atom stereocenters. The summed E-state index contributed by atoms with van der Waals surface area (Å²) >= 11 is 1.52. The number of nitrogens with one attached hydrogen (secondary N) is 1. The Labute approximate surface area is 153 Å². The number of hydrogen-bond acceptors (Lipinski definition) is 5. The van der Waals surface area contributed by atoms with Crippen LogP contribution in [0.15, 0.2) is 27.8 Å². The van der Waals surface area contributed by atoms with Crippen LogP contribution in [0.3, 0.4) is 0 Å². The van der Waals surface area contributed by atoms with Crippen LogP contribution in [0.5, 0.6) is 0 Å². The second-order valence-electron chi connectivity index (χ2n) is 6.08. The van der Waals surface area contributed by atoms with Crippen molar-refractivity contribution < 1.29 is 18.3 Å². The molecule has 0 fully saturated rings. The molecular weight excluding hydrogens is 358 g/mol. The van der Waals surface area contributed by atoms with Crippen molar-refractivity contribution in [3.8, 4) is 0 Å². The lowest BCUT2D eigenvalue weighted by atomic mass is 10.0. The molecule has 0 radical (unpaired) electrons. The molecule has 1 aromatic heterocycles. The van der Waals surface area contributed by atoms with E-state index in [0.717, 1.165) is 27.8 Å². The third-order valence-corrected chi connectivity index (χ3v) is 6.75. The minimum atomic E-state index is -3.67. The molecule has 0 aliphatic rings. The van der Waals surface area contributed by atoms with Crippen molar-refractivity contribution in [2.45, 2.75) is 38.7 Å². The molecule has 2 rings (SSSR count). The fourth-order valence-corrected chi connectivity index (χ4v) is 5.11. The van der Waals surface area contributed by atoms with Crippen molar-refractivity contribution in [2.24, 2.45) is 0 Å². The Balaban J connectivity index is 2.26. The fourth-order valence-electron chi connectivity index (χ4n) is 2.77. The summed E-state index contributed by atoms with van der Waals surface area (Å²) in [4.78, 5) is 0.344. The third kappa shape index (κ3) is 4.68. The van der Waals surface area contributed by atoms with E-state index in [1.165, 1.54) is 11.3 Å². The van der Waals surface area contributed by atoms with E-state index in [-0.39, 0.29) is 19.8 Å². The highest BCUT2D eigenvalue weighted by molar-refractivity contribution is 7.89. The lowest BCUT2D eigenvalue weighted by Crippen LogP contribution is -2.31. The second-order valence-corrected chi connectivity index (χ2v) is 8.56. The van der Waals surface area contributed by atoms with Crippen LogP contribution in [-0.2, 0) is 14.8 Å². The Bertz CT molecular complexity index is 788. The van der Waals surface area contributed by atoms with Gasteiger partial charge in [-0.15, -0.1) is 0 Å². The Morgan fingerprint density at radius 1 is 1.20 bits per heavy atom. The number of sulfonamides is 1. The van der Waals surface area contributed by atoms with E-state index in [2.05, 4.69) is 4.72 Å². The SMILES string of the molecule is Cc1cc(C)c(C)c(S(=O)(=O)NC[C@@H](OCCO)c2ccsc2)c1C. The van der Waals surface area contributed by atoms with Crippen LogP contribution in [0.25, 0.3) is 0 Å². The van der Waals surface area contributed by atoms with Gasteiger partial charge in [0.05, 0.1) is 24.2 Å². The van der Waals surface area contributed by atoms with Crippen molar-refractivity contribution in [1.82, 2.24) is 4.72 Å².